The minimum absolute atomic E-state index is 0.357. The lowest BCUT2D eigenvalue weighted by molar-refractivity contribution is 0.142. The third-order valence-corrected chi connectivity index (χ3v) is 1.46. The van der Waals surface area contributed by atoms with Gasteiger partial charge in [-0.05, 0) is 14.1 Å². The molecule has 12 heavy (non-hydrogen) atoms. The summed E-state index contributed by atoms with van der Waals surface area (Å²) in [5.74, 6) is 0. The van der Waals surface area contributed by atoms with Crippen molar-refractivity contribution in [1.29, 1.82) is 0 Å². The zero-order valence-corrected chi connectivity index (χ0v) is 7.67. The van der Waals surface area contributed by atoms with E-state index in [9.17, 15) is 4.79 Å². The molecule has 0 radical (unpaired) electrons. The summed E-state index contributed by atoms with van der Waals surface area (Å²) >= 11 is 0. The van der Waals surface area contributed by atoms with Gasteiger partial charge < -0.3 is 20.7 Å². The summed E-state index contributed by atoms with van der Waals surface area (Å²) in [6.07, 6.45) is -0.711. The van der Waals surface area contributed by atoms with Gasteiger partial charge in [0, 0.05) is 19.6 Å². The summed E-state index contributed by atoms with van der Waals surface area (Å²) in [5.41, 5.74) is 4.79. The van der Waals surface area contributed by atoms with Gasteiger partial charge in [-0.1, -0.05) is 0 Å². The van der Waals surface area contributed by atoms with Crippen molar-refractivity contribution in [3.8, 4) is 0 Å². The number of primary amides is 1. The van der Waals surface area contributed by atoms with Gasteiger partial charge in [0.25, 0.3) is 0 Å². The third-order valence-electron chi connectivity index (χ3n) is 1.46. The van der Waals surface area contributed by atoms with Crippen molar-refractivity contribution in [3.63, 3.8) is 0 Å². The number of likely N-dealkylation sites (N-methyl/N-ethyl adjacent to an activating group) is 2. The molecule has 1 amide bonds. The molecule has 0 aromatic heterocycles. The van der Waals surface area contributed by atoms with Crippen molar-refractivity contribution in [2.75, 3.05) is 40.3 Å². The first-order valence-corrected chi connectivity index (χ1v) is 3.92. The van der Waals surface area contributed by atoms with Crippen LogP contribution in [0.5, 0.6) is 0 Å². The molecule has 0 saturated heterocycles. The highest BCUT2D eigenvalue weighted by molar-refractivity contribution is 5.64. The zero-order chi connectivity index (χ0) is 9.40. The van der Waals surface area contributed by atoms with Crippen LogP contribution >= 0.6 is 0 Å². The van der Waals surface area contributed by atoms with Gasteiger partial charge in [0.15, 0.2) is 0 Å². The number of nitrogens with two attached hydrogens (primary N) is 1. The Labute approximate surface area is 72.9 Å². The molecule has 0 rings (SSSR count). The molecule has 72 valence electrons. The van der Waals surface area contributed by atoms with E-state index < -0.39 is 6.09 Å². The number of ether oxygens (including phenoxy) is 1. The molecule has 0 aliphatic carbocycles. The lowest BCUT2D eigenvalue weighted by Gasteiger charge is -2.15. The van der Waals surface area contributed by atoms with Crippen LogP contribution in [0.2, 0.25) is 0 Å². The zero-order valence-electron chi connectivity index (χ0n) is 7.67. The van der Waals surface area contributed by atoms with E-state index in [4.69, 9.17) is 5.73 Å². The maximum absolute atomic E-state index is 10.2. The SMILES string of the molecule is CNCCN(C)CCOC(N)=O. The molecule has 0 aliphatic heterocycles. The first-order valence-electron chi connectivity index (χ1n) is 3.92. The fourth-order valence-corrected chi connectivity index (χ4v) is 0.717. The number of nitrogens with zero attached hydrogens (tertiary/aromatic N) is 1. The Bertz CT molecular complexity index is 130. The van der Waals surface area contributed by atoms with Gasteiger partial charge in [-0.3, -0.25) is 0 Å². The number of hydrogen-bond donors (Lipinski definition) is 2. The Kier molecular flexibility index (Phi) is 6.41. The van der Waals surface area contributed by atoms with Gasteiger partial charge in [-0.25, -0.2) is 4.79 Å². The molecule has 0 atom stereocenters. The van der Waals surface area contributed by atoms with Crippen LogP contribution in [0.4, 0.5) is 4.79 Å². The molecular weight excluding hydrogens is 158 g/mol. The van der Waals surface area contributed by atoms with Gasteiger partial charge in [0.05, 0.1) is 0 Å². The molecule has 0 saturated carbocycles. The highest BCUT2D eigenvalue weighted by atomic mass is 16.5. The topological polar surface area (TPSA) is 67.6 Å². The molecule has 0 aliphatic rings. The van der Waals surface area contributed by atoms with Crippen molar-refractivity contribution in [1.82, 2.24) is 10.2 Å². The van der Waals surface area contributed by atoms with Gasteiger partial charge in [-0.2, -0.15) is 0 Å². The van der Waals surface area contributed by atoms with Crippen LogP contribution in [-0.2, 0) is 4.74 Å². The highest BCUT2D eigenvalue weighted by Crippen LogP contribution is 1.81. The minimum Gasteiger partial charge on any atom is -0.448 e. The fourth-order valence-electron chi connectivity index (χ4n) is 0.717. The maximum Gasteiger partial charge on any atom is 0.404 e. The summed E-state index contributed by atoms with van der Waals surface area (Å²) in [4.78, 5) is 12.2. The number of carbonyl (C=O) groups is 1. The van der Waals surface area contributed by atoms with Crippen LogP contribution < -0.4 is 11.1 Å². The van der Waals surface area contributed by atoms with Gasteiger partial charge in [0.2, 0.25) is 0 Å². The first-order chi connectivity index (χ1) is 5.66. The predicted octanol–water partition coefficient (Wildman–Crippen LogP) is -0.767. The van der Waals surface area contributed by atoms with E-state index in [1.54, 1.807) is 0 Å². The summed E-state index contributed by atoms with van der Waals surface area (Å²) in [5, 5.41) is 3.02. The summed E-state index contributed by atoms with van der Waals surface area (Å²) in [7, 11) is 3.86. The predicted molar refractivity (Wildman–Crippen MR) is 47.0 cm³/mol. The Hall–Kier alpha value is -0.810. The van der Waals surface area contributed by atoms with E-state index in [0.29, 0.717) is 13.2 Å². The van der Waals surface area contributed by atoms with Crippen molar-refractivity contribution in [2.24, 2.45) is 5.73 Å². The van der Waals surface area contributed by atoms with Crippen LogP contribution in [0.15, 0.2) is 0 Å². The highest BCUT2D eigenvalue weighted by Gasteiger charge is 1.98. The Balaban J connectivity index is 3.19. The number of rotatable bonds is 6. The molecule has 5 heteroatoms. The second-order valence-electron chi connectivity index (χ2n) is 2.57. The molecule has 5 nitrogen and oxygen atoms in total. The van der Waals surface area contributed by atoms with E-state index in [0.717, 1.165) is 13.1 Å². The molecule has 0 aromatic carbocycles. The molecule has 0 spiro atoms. The van der Waals surface area contributed by atoms with Crippen LogP contribution in [0.1, 0.15) is 0 Å². The summed E-state index contributed by atoms with van der Waals surface area (Å²) in [6, 6.07) is 0. The van der Waals surface area contributed by atoms with E-state index in [2.05, 4.69) is 15.0 Å². The third kappa shape index (κ3) is 7.30. The summed E-state index contributed by atoms with van der Waals surface area (Å²) < 4.78 is 4.57. The van der Waals surface area contributed by atoms with E-state index in [-0.39, 0.29) is 0 Å². The lowest BCUT2D eigenvalue weighted by Crippen LogP contribution is -2.31. The molecule has 0 fully saturated rings. The molecule has 0 bridgehead atoms. The smallest absolute Gasteiger partial charge is 0.404 e. The maximum atomic E-state index is 10.2. The largest absolute Gasteiger partial charge is 0.448 e. The van der Waals surface area contributed by atoms with Gasteiger partial charge >= 0.3 is 6.09 Å². The van der Waals surface area contributed by atoms with E-state index >= 15 is 0 Å². The standard InChI is InChI=1S/C7H17N3O2/c1-9-3-4-10(2)5-6-12-7(8)11/h9H,3-6H2,1-2H3,(H2,8,11). The van der Waals surface area contributed by atoms with Crippen molar-refractivity contribution in [3.05, 3.63) is 0 Å². The van der Waals surface area contributed by atoms with Crippen LogP contribution in [0.3, 0.4) is 0 Å². The van der Waals surface area contributed by atoms with Gasteiger partial charge in [-0.15, -0.1) is 0 Å². The molecule has 3 N–H and O–H groups in total. The second kappa shape index (κ2) is 6.87. The Morgan fingerprint density at radius 3 is 2.75 bits per heavy atom. The first kappa shape index (κ1) is 11.2. The van der Waals surface area contributed by atoms with E-state index in [1.165, 1.54) is 0 Å². The number of amides is 1. The molecular formula is C7H17N3O2. The van der Waals surface area contributed by atoms with E-state index in [1.807, 2.05) is 14.1 Å². The molecule has 0 aromatic rings. The quantitative estimate of drug-likeness (QED) is 0.556. The normalized spacial score (nSPS) is 10.2. The fraction of sp³-hybridized carbons (Fsp3) is 0.857. The van der Waals surface area contributed by atoms with Crippen LogP contribution in [0.25, 0.3) is 0 Å². The van der Waals surface area contributed by atoms with Crippen molar-refractivity contribution in [2.45, 2.75) is 0 Å². The van der Waals surface area contributed by atoms with Crippen LogP contribution in [-0.4, -0.2) is 51.3 Å². The average molecular weight is 175 g/mol. The minimum atomic E-state index is -0.711. The number of hydrogen-bond acceptors (Lipinski definition) is 4. The monoisotopic (exact) mass is 175 g/mol. The number of carbonyl (C=O) groups excluding carboxylic acids is 1. The van der Waals surface area contributed by atoms with Crippen LogP contribution in [0, 0.1) is 0 Å². The van der Waals surface area contributed by atoms with Crippen molar-refractivity contribution >= 4 is 6.09 Å². The summed E-state index contributed by atoms with van der Waals surface area (Å²) in [6.45, 7) is 2.92. The Morgan fingerprint density at radius 1 is 1.58 bits per heavy atom. The average Bonchev–Trinajstić information content (AvgIpc) is 2.00. The molecule has 0 heterocycles. The van der Waals surface area contributed by atoms with Gasteiger partial charge in [0.1, 0.15) is 6.61 Å². The number of nitrogens with one attached hydrogen (secondary N) is 1. The molecule has 0 unspecified atom stereocenters. The lowest BCUT2D eigenvalue weighted by atomic mass is 10.5. The van der Waals surface area contributed by atoms with Crippen molar-refractivity contribution < 1.29 is 9.53 Å². The second-order valence-corrected chi connectivity index (χ2v) is 2.57. The Morgan fingerprint density at radius 2 is 2.25 bits per heavy atom.